The van der Waals surface area contributed by atoms with Crippen molar-refractivity contribution in [1.82, 2.24) is 4.41 Å². The molecule has 0 saturated heterocycles. The topological polar surface area (TPSA) is 97.3 Å². The Kier molecular flexibility index (Phi) is 6.26. The number of hydrogen-bond donors (Lipinski definition) is 1. The van der Waals surface area contributed by atoms with Crippen LogP contribution in [-0.4, -0.2) is 45.2 Å². The number of hydrazone groups is 1. The van der Waals surface area contributed by atoms with Crippen molar-refractivity contribution in [3.05, 3.63) is 82.9 Å². The summed E-state index contributed by atoms with van der Waals surface area (Å²) in [7, 11) is -1.13. The molecule has 0 saturated carbocycles. The first kappa shape index (κ1) is 22.6. The van der Waals surface area contributed by atoms with Crippen LogP contribution in [0.25, 0.3) is 0 Å². The third-order valence-electron chi connectivity index (χ3n) is 4.97. The number of nitrogens with one attached hydrogen (secondary N) is 1. The summed E-state index contributed by atoms with van der Waals surface area (Å²) in [5, 5.41) is 7.38. The van der Waals surface area contributed by atoms with E-state index in [-0.39, 0.29) is 4.90 Å². The Morgan fingerprint density at radius 3 is 2.48 bits per heavy atom. The van der Waals surface area contributed by atoms with Crippen molar-refractivity contribution < 1.29 is 22.7 Å². The lowest BCUT2D eigenvalue weighted by atomic mass is 10.0. The molecule has 0 spiro atoms. The number of halogens is 1. The molecule has 0 aliphatic carbocycles. The summed E-state index contributed by atoms with van der Waals surface area (Å²) in [5.41, 5.74) is 1.81. The molecule has 0 bridgehead atoms. The van der Waals surface area contributed by atoms with E-state index in [1.165, 1.54) is 26.4 Å². The van der Waals surface area contributed by atoms with Crippen molar-refractivity contribution in [2.24, 2.45) is 5.10 Å². The van der Waals surface area contributed by atoms with Gasteiger partial charge in [-0.05, 0) is 30.3 Å². The molecule has 4 rings (SSSR count). The monoisotopic (exact) mass is 485 g/mol. The van der Waals surface area contributed by atoms with Gasteiger partial charge in [0.25, 0.3) is 10.0 Å². The molecule has 0 unspecified atom stereocenters. The number of methoxy groups -OCH3 is 2. The minimum atomic E-state index is -4.09. The van der Waals surface area contributed by atoms with E-state index in [0.29, 0.717) is 39.0 Å². The Morgan fingerprint density at radius 1 is 1.03 bits per heavy atom. The van der Waals surface area contributed by atoms with Crippen LogP contribution in [-0.2, 0) is 14.8 Å². The third kappa shape index (κ3) is 4.50. The van der Waals surface area contributed by atoms with Crippen LogP contribution in [0.15, 0.2) is 76.7 Å². The highest BCUT2D eigenvalue weighted by atomic mass is 35.5. The molecular weight excluding hydrogens is 466 g/mol. The van der Waals surface area contributed by atoms with Gasteiger partial charge in [-0.3, -0.25) is 4.79 Å². The number of sulfonamides is 1. The molecule has 1 heterocycles. The van der Waals surface area contributed by atoms with Gasteiger partial charge in [0, 0.05) is 22.2 Å². The number of benzene rings is 3. The SMILES string of the molecule is COc1ccc(OC)c(NC(=O)CN2N=C(c3ccccc3)c3cc(Cl)ccc3S2(=O)=O)c1. The Bertz CT molecular complexity index is 1340. The highest BCUT2D eigenvalue weighted by molar-refractivity contribution is 7.89. The number of rotatable bonds is 6. The van der Waals surface area contributed by atoms with E-state index in [0.717, 1.165) is 4.41 Å². The second kappa shape index (κ2) is 9.13. The first-order chi connectivity index (χ1) is 15.8. The predicted octanol–water partition coefficient (Wildman–Crippen LogP) is 3.75. The van der Waals surface area contributed by atoms with E-state index in [1.807, 2.05) is 18.2 Å². The van der Waals surface area contributed by atoms with Gasteiger partial charge in [-0.25, -0.2) is 0 Å². The lowest BCUT2D eigenvalue weighted by molar-refractivity contribution is -0.116. The molecule has 33 heavy (non-hydrogen) atoms. The fourth-order valence-electron chi connectivity index (χ4n) is 3.40. The van der Waals surface area contributed by atoms with Gasteiger partial charge in [-0.2, -0.15) is 17.9 Å². The molecule has 0 aromatic heterocycles. The van der Waals surface area contributed by atoms with Crippen molar-refractivity contribution in [1.29, 1.82) is 0 Å². The highest BCUT2D eigenvalue weighted by Gasteiger charge is 2.34. The normalized spacial score (nSPS) is 14.2. The number of nitrogens with zero attached hydrogens (tertiary/aromatic N) is 2. The number of carbonyl (C=O) groups excluding carboxylic acids is 1. The summed E-state index contributed by atoms with van der Waals surface area (Å²) in [6.45, 7) is -0.541. The van der Waals surface area contributed by atoms with Crippen LogP contribution >= 0.6 is 11.6 Å². The Labute approximate surface area is 196 Å². The van der Waals surface area contributed by atoms with Crippen molar-refractivity contribution in [2.45, 2.75) is 4.90 Å². The number of carbonyl (C=O) groups is 1. The standard InChI is InChI=1S/C23H20ClN3O5S/c1-31-17-9-10-20(32-2)19(13-17)25-22(28)14-27-26-23(15-6-4-3-5-7-15)18-12-16(24)8-11-21(18)33(27,29)30/h3-13H,14H2,1-2H3,(H,25,28). The Balaban J connectivity index is 1.70. The second-order valence-electron chi connectivity index (χ2n) is 7.05. The number of anilines is 1. The lowest BCUT2D eigenvalue weighted by Gasteiger charge is -2.27. The van der Waals surface area contributed by atoms with Crippen LogP contribution in [0.4, 0.5) is 5.69 Å². The van der Waals surface area contributed by atoms with E-state index in [9.17, 15) is 13.2 Å². The van der Waals surface area contributed by atoms with Crippen LogP contribution in [0, 0.1) is 0 Å². The first-order valence-electron chi connectivity index (χ1n) is 9.82. The van der Waals surface area contributed by atoms with E-state index in [4.69, 9.17) is 21.1 Å². The van der Waals surface area contributed by atoms with Gasteiger partial charge in [-0.15, -0.1) is 0 Å². The van der Waals surface area contributed by atoms with Crippen LogP contribution < -0.4 is 14.8 Å². The van der Waals surface area contributed by atoms with Gasteiger partial charge >= 0.3 is 0 Å². The van der Waals surface area contributed by atoms with Gasteiger partial charge in [0.2, 0.25) is 5.91 Å². The van der Waals surface area contributed by atoms with E-state index >= 15 is 0 Å². The van der Waals surface area contributed by atoms with E-state index in [2.05, 4.69) is 10.4 Å². The smallest absolute Gasteiger partial charge is 0.280 e. The summed E-state index contributed by atoms with van der Waals surface area (Å²) < 4.78 is 37.7. The summed E-state index contributed by atoms with van der Waals surface area (Å²) in [6.07, 6.45) is 0. The maximum absolute atomic E-state index is 13.3. The van der Waals surface area contributed by atoms with Crippen molar-refractivity contribution in [2.75, 3.05) is 26.1 Å². The summed E-state index contributed by atoms with van der Waals surface area (Å²) in [4.78, 5) is 12.9. The van der Waals surface area contributed by atoms with E-state index in [1.54, 1.807) is 36.4 Å². The van der Waals surface area contributed by atoms with E-state index < -0.39 is 22.5 Å². The molecule has 170 valence electrons. The summed E-state index contributed by atoms with van der Waals surface area (Å²) in [6, 6.07) is 18.5. The summed E-state index contributed by atoms with van der Waals surface area (Å²) in [5.74, 6) is 0.310. The third-order valence-corrected chi connectivity index (χ3v) is 6.88. The molecule has 1 aliphatic rings. The zero-order valence-corrected chi connectivity index (χ0v) is 19.4. The highest BCUT2D eigenvalue weighted by Crippen LogP contribution is 2.32. The lowest BCUT2D eigenvalue weighted by Crippen LogP contribution is -2.38. The Hall–Kier alpha value is -3.56. The number of fused-ring (bicyclic) bond motifs is 1. The molecule has 10 heteroatoms. The average Bonchev–Trinajstić information content (AvgIpc) is 2.81. The summed E-state index contributed by atoms with van der Waals surface area (Å²) >= 11 is 6.14. The largest absolute Gasteiger partial charge is 0.497 e. The quantitative estimate of drug-likeness (QED) is 0.573. The molecule has 0 radical (unpaired) electrons. The minimum absolute atomic E-state index is 0.0208. The average molecular weight is 486 g/mol. The van der Waals surface area contributed by atoms with Crippen molar-refractivity contribution >= 4 is 38.9 Å². The molecule has 8 nitrogen and oxygen atoms in total. The molecule has 1 aliphatic heterocycles. The van der Waals surface area contributed by atoms with Gasteiger partial charge in [0.05, 0.1) is 24.8 Å². The zero-order valence-electron chi connectivity index (χ0n) is 17.8. The molecule has 3 aromatic carbocycles. The molecule has 1 amide bonds. The Morgan fingerprint density at radius 2 is 1.79 bits per heavy atom. The molecular formula is C23H20ClN3O5S. The fourth-order valence-corrected chi connectivity index (χ4v) is 4.95. The minimum Gasteiger partial charge on any atom is -0.497 e. The molecule has 1 N–H and O–H groups in total. The molecule has 0 atom stereocenters. The molecule has 3 aromatic rings. The number of ether oxygens (including phenoxy) is 2. The van der Waals surface area contributed by atoms with Gasteiger partial charge in [0.15, 0.2) is 0 Å². The van der Waals surface area contributed by atoms with Crippen molar-refractivity contribution in [3.8, 4) is 11.5 Å². The predicted molar refractivity (Wildman–Crippen MR) is 126 cm³/mol. The van der Waals surface area contributed by atoms with Crippen LogP contribution in [0.5, 0.6) is 11.5 Å². The first-order valence-corrected chi connectivity index (χ1v) is 11.6. The van der Waals surface area contributed by atoms with Gasteiger partial charge in [-0.1, -0.05) is 41.9 Å². The fraction of sp³-hybridized carbons (Fsp3) is 0.130. The van der Waals surface area contributed by atoms with Crippen molar-refractivity contribution in [3.63, 3.8) is 0 Å². The zero-order chi connectivity index (χ0) is 23.6. The second-order valence-corrected chi connectivity index (χ2v) is 9.30. The van der Waals surface area contributed by atoms with Crippen LogP contribution in [0.2, 0.25) is 5.02 Å². The maximum Gasteiger partial charge on any atom is 0.280 e. The number of hydrogen-bond acceptors (Lipinski definition) is 6. The number of amides is 1. The van der Waals surface area contributed by atoms with Gasteiger partial charge in [0.1, 0.15) is 23.8 Å². The maximum atomic E-state index is 13.3. The van der Waals surface area contributed by atoms with Crippen LogP contribution in [0.1, 0.15) is 11.1 Å². The molecule has 0 fully saturated rings. The van der Waals surface area contributed by atoms with Crippen LogP contribution in [0.3, 0.4) is 0 Å². The van der Waals surface area contributed by atoms with Gasteiger partial charge < -0.3 is 14.8 Å².